The van der Waals surface area contributed by atoms with Gasteiger partial charge in [0.05, 0.1) is 18.7 Å². The summed E-state index contributed by atoms with van der Waals surface area (Å²) in [6.07, 6.45) is 0.951. The van der Waals surface area contributed by atoms with Gasteiger partial charge in [0.2, 0.25) is 5.91 Å². The zero-order valence-electron chi connectivity index (χ0n) is 16.3. The topological polar surface area (TPSA) is 93.5 Å². The molecule has 0 radical (unpaired) electrons. The summed E-state index contributed by atoms with van der Waals surface area (Å²) in [6.45, 7) is 6.78. The molecule has 1 fully saturated rings. The molecule has 0 aliphatic carbocycles. The van der Waals surface area contributed by atoms with Crippen molar-refractivity contribution in [3.63, 3.8) is 0 Å². The molecule has 2 heterocycles. The van der Waals surface area contributed by atoms with E-state index in [9.17, 15) is 4.79 Å². The van der Waals surface area contributed by atoms with Gasteiger partial charge in [0.1, 0.15) is 23.8 Å². The van der Waals surface area contributed by atoms with E-state index in [1.807, 2.05) is 19.1 Å². The number of halogens is 1. The van der Waals surface area contributed by atoms with Crippen LogP contribution in [0.3, 0.4) is 0 Å². The lowest BCUT2D eigenvalue weighted by Crippen LogP contribution is -2.56. The lowest BCUT2D eigenvalue weighted by Gasteiger charge is -2.41. The number of hydrogen-bond donors (Lipinski definition) is 2. The number of H-pyrrole nitrogens is 1. The largest absolute Gasteiger partial charge is 0.490 e. The summed E-state index contributed by atoms with van der Waals surface area (Å²) in [5.41, 5.74) is 6.80. The minimum Gasteiger partial charge on any atom is -0.490 e. The lowest BCUT2D eigenvalue weighted by atomic mass is 9.97. The fourth-order valence-electron chi connectivity index (χ4n) is 3.49. The van der Waals surface area contributed by atoms with E-state index in [2.05, 4.69) is 21.8 Å². The number of aryl methyl sites for hydroxylation is 2. The van der Waals surface area contributed by atoms with Gasteiger partial charge in [-0.25, -0.2) is 4.98 Å². The first-order valence-electron chi connectivity index (χ1n) is 9.46. The van der Waals surface area contributed by atoms with Crippen molar-refractivity contribution < 1.29 is 14.3 Å². The van der Waals surface area contributed by atoms with Gasteiger partial charge < -0.3 is 20.2 Å². The Hall–Kier alpha value is -2.09. The molecule has 0 bridgehead atoms. The Labute approximate surface area is 170 Å². The molecule has 3 N–H and O–H groups in total. The fraction of sp³-hybridized carbons (Fsp3) is 0.500. The van der Waals surface area contributed by atoms with Crippen LogP contribution in [0.1, 0.15) is 30.6 Å². The summed E-state index contributed by atoms with van der Waals surface area (Å²) in [5, 5.41) is 0.591. The number of ether oxygens (including phenoxy) is 2. The smallest absolute Gasteiger partial charge is 0.220 e. The molecule has 7 nitrogen and oxygen atoms in total. The molecule has 0 unspecified atom stereocenters. The quantitative estimate of drug-likeness (QED) is 0.702. The number of carbonyl (C=O) groups excluding carboxylic acids is 1. The average molecular weight is 407 g/mol. The average Bonchev–Trinajstić information content (AvgIpc) is 3.00. The van der Waals surface area contributed by atoms with E-state index in [1.54, 1.807) is 12.1 Å². The monoisotopic (exact) mass is 406 g/mol. The lowest BCUT2D eigenvalue weighted by molar-refractivity contribution is -0.148. The van der Waals surface area contributed by atoms with Gasteiger partial charge in [0.25, 0.3) is 0 Å². The molecule has 8 heteroatoms. The first-order chi connectivity index (χ1) is 13.4. The zero-order valence-corrected chi connectivity index (χ0v) is 17.1. The SMILES string of the molecule is CCc1nc(CN2CCO[C@](COc3cccc(Cl)c3)(CC(N)=O)C2)c(C)[nH]1. The van der Waals surface area contributed by atoms with Gasteiger partial charge in [0, 0.05) is 36.8 Å². The number of morpholine rings is 1. The highest BCUT2D eigenvalue weighted by Crippen LogP contribution is 2.26. The van der Waals surface area contributed by atoms with Gasteiger partial charge in [-0.15, -0.1) is 0 Å². The molecule has 1 aromatic heterocycles. The van der Waals surface area contributed by atoms with Crippen molar-refractivity contribution in [3.8, 4) is 5.75 Å². The molecule has 1 saturated heterocycles. The van der Waals surface area contributed by atoms with E-state index in [1.165, 1.54) is 0 Å². The van der Waals surface area contributed by atoms with Crippen molar-refractivity contribution in [2.24, 2.45) is 5.73 Å². The van der Waals surface area contributed by atoms with E-state index in [-0.39, 0.29) is 13.0 Å². The maximum Gasteiger partial charge on any atom is 0.220 e. The third kappa shape index (κ3) is 5.25. The van der Waals surface area contributed by atoms with Gasteiger partial charge in [-0.2, -0.15) is 0 Å². The van der Waals surface area contributed by atoms with Crippen LogP contribution in [0, 0.1) is 6.92 Å². The molecule has 28 heavy (non-hydrogen) atoms. The standard InChI is InChI=1S/C20H27ClN4O3/c1-3-19-23-14(2)17(24-19)11-25-7-8-28-20(12-25,10-18(22)26)13-27-16-6-4-5-15(21)9-16/h4-6,9H,3,7-8,10-13H2,1-2H3,(H2,22,26)(H,23,24)/t20-/m1/s1. The molecule has 1 amide bonds. The molecule has 2 aromatic rings. The van der Waals surface area contributed by atoms with Crippen molar-refractivity contribution in [1.82, 2.24) is 14.9 Å². The van der Waals surface area contributed by atoms with Crippen LogP contribution in [0.5, 0.6) is 5.75 Å². The van der Waals surface area contributed by atoms with E-state index < -0.39 is 11.5 Å². The minimum absolute atomic E-state index is 0.0871. The molecular formula is C20H27ClN4O3. The van der Waals surface area contributed by atoms with Gasteiger partial charge in [-0.05, 0) is 25.1 Å². The third-order valence-corrected chi connectivity index (χ3v) is 5.10. The number of benzene rings is 1. The highest BCUT2D eigenvalue weighted by Gasteiger charge is 2.39. The molecule has 1 aliphatic heterocycles. The van der Waals surface area contributed by atoms with Crippen LogP contribution in [0.4, 0.5) is 0 Å². The first kappa shape index (κ1) is 20.6. The second-order valence-corrected chi connectivity index (χ2v) is 7.68. The van der Waals surface area contributed by atoms with Crippen molar-refractivity contribution in [2.45, 2.75) is 38.8 Å². The van der Waals surface area contributed by atoms with Gasteiger partial charge in [0.15, 0.2) is 0 Å². The number of aromatic amines is 1. The number of imidazole rings is 1. The molecule has 152 valence electrons. The van der Waals surface area contributed by atoms with Crippen molar-refractivity contribution >= 4 is 17.5 Å². The molecular weight excluding hydrogens is 380 g/mol. The highest BCUT2D eigenvalue weighted by molar-refractivity contribution is 6.30. The van der Waals surface area contributed by atoms with Crippen LogP contribution < -0.4 is 10.5 Å². The number of rotatable bonds is 8. The molecule has 3 rings (SSSR count). The maximum atomic E-state index is 11.7. The summed E-state index contributed by atoms with van der Waals surface area (Å²) >= 11 is 6.02. The second kappa shape index (κ2) is 8.94. The Morgan fingerprint density at radius 2 is 2.32 bits per heavy atom. The zero-order chi connectivity index (χ0) is 20.1. The summed E-state index contributed by atoms with van der Waals surface area (Å²) in [7, 11) is 0. The normalized spacial score (nSPS) is 20.2. The van der Waals surface area contributed by atoms with Crippen LogP contribution in [-0.2, 0) is 22.5 Å². The maximum absolute atomic E-state index is 11.7. The number of primary amides is 1. The van der Waals surface area contributed by atoms with E-state index in [0.717, 1.165) is 30.2 Å². The number of nitrogens with two attached hydrogens (primary N) is 1. The van der Waals surface area contributed by atoms with Crippen LogP contribution in [0.25, 0.3) is 0 Å². The van der Waals surface area contributed by atoms with Gasteiger partial charge in [-0.1, -0.05) is 24.6 Å². The van der Waals surface area contributed by atoms with Crippen LogP contribution in [0.15, 0.2) is 24.3 Å². The van der Waals surface area contributed by atoms with Crippen molar-refractivity contribution in [3.05, 3.63) is 46.5 Å². The minimum atomic E-state index is -0.801. The highest BCUT2D eigenvalue weighted by atomic mass is 35.5. The summed E-state index contributed by atoms with van der Waals surface area (Å²) in [5.74, 6) is 1.20. The van der Waals surface area contributed by atoms with Crippen LogP contribution >= 0.6 is 11.6 Å². The van der Waals surface area contributed by atoms with Gasteiger partial charge >= 0.3 is 0 Å². The molecule has 0 spiro atoms. The number of hydrogen-bond acceptors (Lipinski definition) is 5. The summed E-state index contributed by atoms with van der Waals surface area (Å²) in [6, 6.07) is 7.16. The Balaban J connectivity index is 1.72. The first-order valence-corrected chi connectivity index (χ1v) is 9.84. The Morgan fingerprint density at radius 1 is 1.50 bits per heavy atom. The van der Waals surface area contributed by atoms with Crippen LogP contribution in [0.2, 0.25) is 5.02 Å². The van der Waals surface area contributed by atoms with E-state index >= 15 is 0 Å². The predicted octanol–water partition coefficient (Wildman–Crippen LogP) is 2.46. The number of nitrogens with one attached hydrogen (secondary N) is 1. The number of aromatic nitrogens is 2. The predicted molar refractivity (Wildman–Crippen MR) is 107 cm³/mol. The second-order valence-electron chi connectivity index (χ2n) is 7.24. The van der Waals surface area contributed by atoms with Crippen molar-refractivity contribution in [1.29, 1.82) is 0 Å². The molecule has 0 saturated carbocycles. The molecule has 1 aliphatic rings. The summed E-state index contributed by atoms with van der Waals surface area (Å²) in [4.78, 5) is 21.9. The number of amides is 1. The number of carbonyl (C=O) groups is 1. The van der Waals surface area contributed by atoms with Crippen LogP contribution in [-0.4, -0.2) is 52.7 Å². The Bertz CT molecular complexity index is 826. The Kier molecular flexibility index (Phi) is 6.59. The van der Waals surface area contributed by atoms with Gasteiger partial charge in [-0.3, -0.25) is 9.69 Å². The molecule has 1 aromatic carbocycles. The van der Waals surface area contributed by atoms with Crippen molar-refractivity contribution in [2.75, 3.05) is 26.3 Å². The van der Waals surface area contributed by atoms with E-state index in [0.29, 0.717) is 30.5 Å². The third-order valence-electron chi connectivity index (χ3n) is 4.86. The Morgan fingerprint density at radius 3 is 3.00 bits per heavy atom. The van der Waals surface area contributed by atoms with E-state index in [4.69, 9.17) is 26.8 Å². The number of nitrogens with zero attached hydrogens (tertiary/aromatic N) is 2. The fourth-order valence-corrected chi connectivity index (χ4v) is 3.67. The summed E-state index contributed by atoms with van der Waals surface area (Å²) < 4.78 is 11.9. The molecule has 1 atom stereocenters.